The van der Waals surface area contributed by atoms with Crippen molar-refractivity contribution in [3.63, 3.8) is 0 Å². The lowest BCUT2D eigenvalue weighted by Crippen LogP contribution is -2.33. The first-order valence-corrected chi connectivity index (χ1v) is 5.81. The van der Waals surface area contributed by atoms with Crippen LogP contribution in [0.2, 0.25) is 0 Å². The second-order valence-corrected chi connectivity index (χ2v) is 4.26. The summed E-state index contributed by atoms with van der Waals surface area (Å²) in [6.45, 7) is 7.68. The van der Waals surface area contributed by atoms with Crippen LogP contribution in [0.5, 0.6) is 0 Å². The molecule has 0 radical (unpaired) electrons. The van der Waals surface area contributed by atoms with Crippen molar-refractivity contribution in [2.75, 3.05) is 6.54 Å². The van der Waals surface area contributed by atoms with Crippen LogP contribution in [0.1, 0.15) is 46.5 Å². The van der Waals surface area contributed by atoms with Gasteiger partial charge in [-0.15, -0.1) is 0 Å². The van der Waals surface area contributed by atoms with Crippen LogP contribution in [-0.2, 0) is 0 Å². The molecule has 90 valence electrons. The Hall–Kier alpha value is -0.770. The standard InChI is InChI=1S/C11H25N3O/c1-4-10(9(2)3)13-8-6-5-7-11(12)14-15/h9-10,13,15H,4-8H2,1-3H3,(H2,12,14). The Morgan fingerprint density at radius 3 is 2.53 bits per heavy atom. The molecular weight excluding hydrogens is 190 g/mol. The van der Waals surface area contributed by atoms with E-state index >= 15 is 0 Å². The number of nitrogens with two attached hydrogens (primary N) is 1. The number of rotatable bonds is 8. The summed E-state index contributed by atoms with van der Waals surface area (Å²) in [5.41, 5.74) is 5.37. The molecule has 0 aliphatic heterocycles. The van der Waals surface area contributed by atoms with Gasteiger partial charge in [0.2, 0.25) is 0 Å². The Morgan fingerprint density at radius 2 is 2.07 bits per heavy atom. The highest BCUT2D eigenvalue weighted by Crippen LogP contribution is 2.05. The fourth-order valence-electron chi connectivity index (χ4n) is 1.62. The largest absolute Gasteiger partial charge is 0.409 e. The molecule has 0 saturated carbocycles. The zero-order valence-corrected chi connectivity index (χ0v) is 10.2. The van der Waals surface area contributed by atoms with Gasteiger partial charge in [-0.1, -0.05) is 25.9 Å². The maximum atomic E-state index is 8.34. The van der Waals surface area contributed by atoms with Crippen molar-refractivity contribution in [1.82, 2.24) is 5.32 Å². The third-order valence-corrected chi connectivity index (χ3v) is 2.64. The van der Waals surface area contributed by atoms with Crippen LogP contribution in [0.4, 0.5) is 0 Å². The van der Waals surface area contributed by atoms with Crippen LogP contribution in [0, 0.1) is 5.92 Å². The van der Waals surface area contributed by atoms with E-state index in [9.17, 15) is 0 Å². The summed E-state index contributed by atoms with van der Waals surface area (Å²) in [7, 11) is 0. The summed E-state index contributed by atoms with van der Waals surface area (Å²) in [4.78, 5) is 0. The number of nitrogens with zero attached hydrogens (tertiary/aromatic N) is 1. The molecule has 0 aromatic heterocycles. The third-order valence-electron chi connectivity index (χ3n) is 2.64. The molecule has 0 spiro atoms. The first-order chi connectivity index (χ1) is 7.11. The van der Waals surface area contributed by atoms with Gasteiger partial charge < -0.3 is 16.3 Å². The molecule has 0 bridgehead atoms. The zero-order chi connectivity index (χ0) is 11.7. The van der Waals surface area contributed by atoms with Gasteiger partial charge in [-0.25, -0.2) is 0 Å². The molecule has 0 amide bonds. The lowest BCUT2D eigenvalue weighted by atomic mass is 10.0. The monoisotopic (exact) mass is 215 g/mol. The predicted octanol–water partition coefficient (Wildman–Crippen LogP) is 1.93. The lowest BCUT2D eigenvalue weighted by Gasteiger charge is -2.20. The van der Waals surface area contributed by atoms with Crippen LogP contribution >= 0.6 is 0 Å². The summed E-state index contributed by atoms with van der Waals surface area (Å²) in [6, 6.07) is 0.605. The smallest absolute Gasteiger partial charge is 0.139 e. The molecule has 4 N–H and O–H groups in total. The fraction of sp³-hybridized carbons (Fsp3) is 0.909. The first-order valence-electron chi connectivity index (χ1n) is 5.81. The summed E-state index contributed by atoms with van der Waals surface area (Å²) < 4.78 is 0. The molecule has 1 unspecified atom stereocenters. The molecule has 0 heterocycles. The summed E-state index contributed by atoms with van der Waals surface area (Å²) in [6.07, 6.45) is 3.88. The maximum absolute atomic E-state index is 8.34. The SMILES string of the molecule is CCC(NCCCCC(N)=NO)C(C)C. The number of unbranched alkanes of at least 4 members (excludes halogenated alkanes) is 1. The highest BCUT2D eigenvalue weighted by Gasteiger charge is 2.08. The number of hydrogen-bond acceptors (Lipinski definition) is 3. The topological polar surface area (TPSA) is 70.6 Å². The highest BCUT2D eigenvalue weighted by atomic mass is 16.4. The molecule has 0 aromatic rings. The van der Waals surface area contributed by atoms with Crippen molar-refractivity contribution in [2.45, 2.75) is 52.5 Å². The van der Waals surface area contributed by atoms with Crippen LogP contribution in [0.25, 0.3) is 0 Å². The van der Waals surface area contributed by atoms with E-state index in [0.29, 0.717) is 24.2 Å². The van der Waals surface area contributed by atoms with Crippen LogP contribution in [-0.4, -0.2) is 23.6 Å². The molecule has 4 nitrogen and oxygen atoms in total. The minimum absolute atomic E-state index is 0.325. The summed E-state index contributed by atoms with van der Waals surface area (Å²) in [5.74, 6) is 1.00. The van der Waals surface area contributed by atoms with Gasteiger partial charge in [-0.05, 0) is 31.7 Å². The lowest BCUT2D eigenvalue weighted by molar-refractivity contribution is 0.316. The molecule has 0 saturated heterocycles. The van der Waals surface area contributed by atoms with E-state index in [1.54, 1.807) is 0 Å². The summed E-state index contributed by atoms with van der Waals surface area (Å²) in [5, 5.41) is 14.8. The molecule has 0 aromatic carbocycles. The van der Waals surface area contributed by atoms with Crippen molar-refractivity contribution in [2.24, 2.45) is 16.8 Å². The molecule has 4 heteroatoms. The quantitative estimate of drug-likeness (QED) is 0.190. The maximum Gasteiger partial charge on any atom is 0.139 e. The highest BCUT2D eigenvalue weighted by molar-refractivity contribution is 5.79. The van der Waals surface area contributed by atoms with Crippen molar-refractivity contribution in [3.05, 3.63) is 0 Å². The van der Waals surface area contributed by atoms with Crippen molar-refractivity contribution >= 4 is 5.84 Å². The fourth-order valence-corrected chi connectivity index (χ4v) is 1.62. The second-order valence-electron chi connectivity index (χ2n) is 4.26. The third kappa shape index (κ3) is 7.19. The van der Waals surface area contributed by atoms with Gasteiger partial charge in [0.05, 0.1) is 0 Å². The van der Waals surface area contributed by atoms with Crippen LogP contribution in [0.15, 0.2) is 5.16 Å². The predicted molar refractivity (Wildman–Crippen MR) is 64.2 cm³/mol. The van der Waals surface area contributed by atoms with E-state index in [1.165, 1.54) is 0 Å². The van der Waals surface area contributed by atoms with Crippen molar-refractivity contribution < 1.29 is 5.21 Å². The van der Waals surface area contributed by atoms with Gasteiger partial charge in [-0.3, -0.25) is 0 Å². The minimum atomic E-state index is 0.325. The average molecular weight is 215 g/mol. The van der Waals surface area contributed by atoms with E-state index in [2.05, 4.69) is 31.2 Å². The van der Waals surface area contributed by atoms with E-state index < -0.39 is 0 Å². The molecule has 0 aliphatic carbocycles. The van der Waals surface area contributed by atoms with Crippen LogP contribution < -0.4 is 11.1 Å². The molecule has 15 heavy (non-hydrogen) atoms. The van der Waals surface area contributed by atoms with Gasteiger partial charge in [0.15, 0.2) is 0 Å². The van der Waals surface area contributed by atoms with Gasteiger partial charge in [0, 0.05) is 12.5 Å². The van der Waals surface area contributed by atoms with Gasteiger partial charge in [0.25, 0.3) is 0 Å². The Bertz CT molecular complexity index is 181. The van der Waals surface area contributed by atoms with Crippen molar-refractivity contribution in [3.8, 4) is 0 Å². The van der Waals surface area contributed by atoms with E-state index in [-0.39, 0.29) is 0 Å². The number of nitrogens with one attached hydrogen (secondary N) is 1. The van der Waals surface area contributed by atoms with E-state index in [4.69, 9.17) is 10.9 Å². The normalized spacial score (nSPS) is 14.5. The van der Waals surface area contributed by atoms with Gasteiger partial charge in [0.1, 0.15) is 5.84 Å². The zero-order valence-electron chi connectivity index (χ0n) is 10.2. The summed E-state index contributed by atoms with van der Waals surface area (Å²) >= 11 is 0. The average Bonchev–Trinajstić information content (AvgIpc) is 2.22. The minimum Gasteiger partial charge on any atom is -0.409 e. The Kier molecular flexibility index (Phi) is 8.09. The van der Waals surface area contributed by atoms with E-state index in [1.807, 2.05) is 0 Å². The molecule has 0 aliphatic rings. The first kappa shape index (κ1) is 14.2. The second kappa shape index (κ2) is 8.53. The van der Waals surface area contributed by atoms with Gasteiger partial charge >= 0.3 is 0 Å². The Labute approximate surface area is 92.9 Å². The number of amidine groups is 1. The van der Waals surface area contributed by atoms with Gasteiger partial charge in [-0.2, -0.15) is 0 Å². The number of oxime groups is 1. The van der Waals surface area contributed by atoms with Crippen molar-refractivity contribution in [1.29, 1.82) is 0 Å². The molecule has 0 rings (SSSR count). The number of hydrogen-bond donors (Lipinski definition) is 3. The molecule has 1 atom stereocenters. The van der Waals surface area contributed by atoms with E-state index in [0.717, 1.165) is 25.8 Å². The molecular formula is C11H25N3O. The Balaban J connectivity index is 3.45. The Morgan fingerprint density at radius 1 is 1.40 bits per heavy atom. The molecule has 0 fully saturated rings. The van der Waals surface area contributed by atoms with Crippen LogP contribution in [0.3, 0.4) is 0 Å².